The molecule has 0 N–H and O–H groups in total. The third-order valence-electron chi connectivity index (χ3n) is 4.71. The average molecular weight is 303 g/mol. The molecular formula is C18H29N3O. The molecule has 1 aliphatic rings. The van der Waals surface area contributed by atoms with Crippen LogP contribution in [0.5, 0.6) is 0 Å². The van der Waals surface area contributed by atoms with Crippen molar-refractivity contribution in [1.82, 2.24) is 9.78 Å². The second kappa shape index (κ2) is 6.78. The summed E-state index contributed by atoms with van der Waals surface area (Å²) >= 11 is 0. The maximum absolute atomic E-state index is 5.97. The van der Waals surface area contributed by atoms with E-state index in [2.05, 4.69) is 32.4 Å². The first-order chi connectivity index (χ1) is 10.4. The Morgan fingerprint density at radius 3 is 2.86 bits per heavy atom. The fourth-order valence-electron chi connectivity index (χ4n) is 3.01. The quantitative estimate of drug-likeness (QED) is 0.757. The monoisotopic (exact) mass is 303 g/mol. The zero-order chi connectivity index (χ0) is 16.3. The molecule has 0 amide bonds. The van der Waals surface area contributed by atoms with Gasteiger partial charge in [0.05, 0.1) is 17.3 Å². The van der Waals surface area contributed by atoms with Gasteiger partial charge in [0, 0.05) is 17.9 Å². The van der Waals surface area contributed by atoms with Crippen molar-refractivity contribution in [2.45, 2.75) is 72.4 Å². The Bertz CT molecular complexity index is 585. The van der Waals surface area contributed by atoms with Crippen LogP contribution < -0.4 is 0 Å². The molecule has 0 aliphatic carbocycles. The summed E-state index contributed by atoms with van der Waals surface area (Å²) in [7, 11) is 0. The van der Waals surface area contributed by atoms with Gasteiger partial charge in [-0.15, -0.1) is 0 Å². The van der Waals surface area contributed by atoms with E-state index in [1.165, 1.54) is 5.56 Å². The highest BCUT2D eigenvalue weighted by Gasteiger charge is 2.34. The topological polar surface area (TPSA) is 39.4 Å². The molecule has 0 bridgehead atoms. The highest BCUT2D eigenvalue weighted by Crippen LogP contribution is 2.37. The molecule has 22 heavy (non-hydrogen) atoms. The van der Waals surface area contributed by atoms with Gasteiger partial charge in [-0.05, 0) is 60.0 Å². The van der Waals surface area contributed by atoms with E-state index in [9.17, 15) is 0 Å². The lowest BCUT2D eigenvalue weighted by molar-refractivity contribution is -0.0852. The van der Waals surface area contributed by atoms with Crippen molar-refractivity contribution in [3.63, 3.8) is 0 Å². The first-order valence-electron chi connectivity index (χ1n) is 8.28. The van der Waals surface area contributed by atoms with Crippen molar-refractivity contribution in [1.29, 1.82) is 0 Å². The minimum atomic E-state index is -0.0456. The molecule has 0 aromatic carbocycles. The van der Waals surface area contributed by atoms with E-state index in [1.807, 2.05) is 26.0 Å². The highest BCUT2D eigenvalue weighted by atomic mass is 16.5. The fourth-order valence-corrected chi connectivity index (χ4v) is 3.01. The summed E-state index contributed by atoms with van der Waals surface area (Å²) in [4.78, 5) is 4.81. The van der Waals surface area contributed by atoms with Crippen LogP contribution in [0.15, 0.2) is 17.1 Å². The molecule has 0 radical (unpaired) electrons. The number of aliphatic imine (C=N–C) groups is 1. The average Bonchev–Trinajstić information content (AvgIpc) is 2.76. The SMILES string of the molecule is C/C=C/C(C)=N\c1c(C)c(C)nn1C1CCOC(C)(CC)C1. The number of aryl methyl sites for hydroxylation is 1. The van der Waals surface area contributed by atoms with E-state index in [1.54, 1.807) is 0 Å². The number of hydrogen-bond acceptors (Lipinski definition) is 3. The number of nitrogens with zero attached hydrogens (tertiary/aromatic N) is 3. The van der Waals surface area contributed by atoms with Gasteiger partial charge in [-0.3, -0.25) is 0 Å². The molecule has 4 heteroatoms. The number of rotatable bonds is 4. The molecule has 2 unspecified atom stereocenters. The van der Waals surface area contributed by atoms with Crippen molar-refractivity contribution in [2.75, 3.05) is 6.61 Å². The van der Waals surface area contributed by atoms with Gasteiger partial charge in [0.2, 0.25) is 0 Å². The largest absolute Gasteiger partial charge is 0.375 e. The van der Waals surface area contributed by atoms with Gasteiger partial charge in [0.1, 0.15) is 0 Å². The van der Waals surface area contributed by atoms with Crippen LogP contribution in [0.25, 0.3) is 0 Å². The van der Waals surface area contributed by atoms with Crippen LogP contribution in [0.2, 0.25) is 0 Å². The molecule has 2 heterocycles. The first kappa shape index (κ1) is 16.9. The Morgan fingerprint density at radius 2 is 2.23 bits per heavy atom. The lowest BCUT2D eigenvalue weighted by atomic mass is 9.90. The zero-order valence-corrected chi connectivity index (χ0v) is 14.8. The van der Waals surface area contributed by atoms with Gasteiger partial charge >= 0.3 is 0 Å². The number of ether oxygens (including phenoxy) is 1. The molecule has 1 fully saturated rings. The molecule has 2 rings (SSSR count). The van der Waals surface area contributed by atoms with E-state index >= 15 is 0 Å². The minimum Gasteiger partial charge on any atom is -0.375 e. The smallest absolute Gasteiger partial charge is 0.154 e. The second-order valence-electron chi connectivity index (χ2n) is 6.53. The maximum Gasteiger partial charge on any atom is 0.154 e. The third-order valence-corrected chi connectivity index (χ3v) is 4.71. The maximum atomic E-state index is 5.97. The third kappa shape index (κ3) is 3.49. The Balaban J connectivity index is 2.39. The van der Waals surface area contributed by atoms with E-state index < -0.39 is 0 Å². The molecule has 1 aromatic rings. The normalized spacial score (nSPS) is 26.8. The highest BCUT2D eigenvalue weighted by molar-refractivity contribution is 5.94. The molecule has 1 aliphatic heterocycles. The molecule has 0 saturated carbocycles. The Labute approximate surface area is 134 Å². The summed E-state index contributed by atoms with van der Waals surface area (Å²) in [6.07, 6.45) is 7.08. The summed E-state index contributed by atoms with van der Waals surface area (Å²) in [5.74, 6) is 0.999. The van der Waals surface area contributed by atoms with Crippen molar-refractivity contribution in [2.24, 2.45) is 4.99 Å². The molecule has 1 aromatic heterocycles. The van der Waals surface area contributed by atoms with Crippen LogP contribution >= 0.6 is 0 Å². The molecule has 122 valence electrons. The number of aromatic nitrogens is 2. The van der Waals surface area contributed by atoms with Crippen molar-refractivity contribution in [3.05, 3.63) is 23.4 Å². The molecule has 0 spiro atoms. The van der Waals surface area contributed by atoms with Gasteiger partial charge in [-0.1, -0.05) is 13.0 Å². The van der Waals surface area contributed by atoms with Crippen LogP contribution in [-0.2, 0) is 4.74 Å². The van der Waals surface area contributed by atoms with Gasteiger partial charge in [-0.2, -0.15) is 5.10 Å². The summed E-state index contributed by atoms with van der Waals surface area (Å²) in [5, 5.41) is 4.78. The summed E-state index contributed by atoms with van der Waals surface area (Å²) < 4.78 is 8.11. The Morgan fingerprint density at radius 1 is 1.50 bits per heavy atom. The lowest BCUT2D eigenvalue weighted by Crippen LogP contribution is -2.37. The van der Waals surface area contributed by atoms with Gasteiger partial charge < -0.3 is 4.74 Å². The van der Waals surface area contributed by atoms with Crippen LogP contribution in [0, 0.1) is 13.8 Å². The molecule has 1 saturated heterocycles. The molecular weight excluding hydrogens is 274 g/mol. The van der Waals surface area contributed by atoms with Crippen LogP contribution in [0.4, 0.5) is 5.82 Å². The zero-order valence-electron chi connectivity index (χ0n) is 14.8. The van der Waals surface area contributed by atoms with E-state index in [0.29, 0.717) is 6.04 Å². The number of hydrogen-bond donors (Lipinski definition) is 0. The minimum absolute atomic E-state index is 0.0456. The Kier molecular flexibility index (Phi) is 5.22. The van der Waals surface area contributed by atoms with Crippen molar-refractivity contribution in [3.8, 4) is 0 Å². The van der Waals surface area contributed by atoms with Crippen LogP contribution in [-0.4, -0.2) is 27.7 Å². The molecule has 4 nitrogen and oxygen atoms in total. The van der Waals surface area contributed by atoms with E-state index in [4.69, 9.17) is 14.8 Å². The lowest BCUT2D eigenvalue weighted by Gasteiger charge is -2.38. The van der Waals surface area contributed by atoms with E-state index in [-0.39, 0.29) is 5.60 Å². The molecule has 2 atom stereocenters. The van der Waals surface area contributed by atoms with Gasteiger partial charge in [-0.25, -0.2) is 9.67 Å². The van der Waals surface area contributed by atoms with E-state index in [0.717, 1.165) is 43.1 Å². The summed E-state index contributed by atoms with van der Waals surface area (Å²) in [6.45, 7) is 13.4. The van der Waals surface area contributed by atoms with Crippen molar-refractivity contribution >= 4 is 11.5 Å². The fraction of sp³-hybridized carbons (Fsp3) is 0.667. The number of allylic oxidation sites excluding steroid dienone is 2. The standard InChI is InChI=1S/C18H29N3O/c1-7-9-13(3)19-17-14(4)15(5)20-21(17)16-10-11-22-18(6,8-2)12-16/h7,9,16H,8,10-12H2,1-6H3/b9-7+,19-13-. The van der Waals surface area contributed by atoms with Crippen LogP contribution in [0.1, 0.15) is 64.3 Å². The predicted molar refractivity (Wildman–Crippen MR) is 92.2 cm³/mol. The van der Waals surface area contributed by atoms with Crippen molar-refractivity contribution < 1.29 is 4.74 Å². The first-order valence-corrected chi connectivity index (χ1v) is 8.28. The predicted octanol–water partition coefficient (Wildman–Crippen LogP) is 4.69. The van der Waals surface area contributed by atoms with Gasteiger partial charge in [0.25, 0.3) is 0 Å². The summed E-state index contributed by atoms with van der Waals surface area (Å²) in [6, 6.07) is 0.364. The van der Waals surface area contributed by atoms with Gasteiger partial charge in [0.15, 0.2) is 5.82 Å². The van der Waals surface area contributed by atoms with Crippen LogP contribution in [0.3, 0.4) is 0 Å². The second-order valence-corrected chi connectivity index (χ2v) is 6.53. The Hall–Kier alpha value is -1.42. The summed E-state index contributed by atoms with van der Waals surface area (Å²) in [5.41, 5.74) is 3.21.